The van der Waals surface area contributed by atoms with E-state index in [2.05, 4.69) is 15.3 Å². The summed E-state index contributed by atoms with van der Waals surface area (Å²) in [6.45, 7) is 1.96. The lowest BCUT2D eigenvalue weighted by atomic mass is 10.1. The van der Waals surface area contributed by atoms with Crippen LogP contribution in [0.1, 0.15) is 5.56 Å². The second-order valence-electron chi connectivity index (χ2n) is 6.09. The molecule has 0 unspecified atom stereocenters. The molecule has 0 aliphatic rings. The van der Waals surface area contributed by atoms with Crippen molar-refractivity contribution >= 4 is 28.7 Å². The van der Waals surface area contributed by atoms with E-state index in [4.69, 9.17) is 0 Å². The Kier molecular flexibility index (Phi) is 5.13. The summed E-state index contributed by atoms with van der Waals surface area (Å²) in [4.78, 5) is 45.7. The molecule has 2 heterocycles. The second kappa shape index (κ2) is 7.36. The van der Waals surface area contributed by atoms with Crippen LogP contribution in [-0.2, 0) is 18.9 Å². The molecule has 3 rings (SSSR count). The summed E-state index contributed by atoms with van der Waals surface area (Å²) < 4.78 is 2.34. The van der Waals surface area contributed by atoms with Gasteiger partial charge >= 0.3 is 5.69 Å². The zero-order valence-corrected chi connectivity index (χ0v) is 16.3. The van der Waals surface area contributed by atoms with Gasteiger partial charge in [-0.1, -0.05) is 35.5 Å². The fourth-order valence-corrected chi connectivity index (χ4v) is 3.54. The summed E-state index contributed by atoms with van der Waals surface area (Å²) in [5.74, 6) is 0.307. The fraction of sp³-hybridized carbons (Fsp3) is 0.278. The standard InChI is InChI=1S/C18H19N5O3S/c1-10-6-5-7-11(8-10)14-20-15-13(16(21-14)27-9-12(24)19-2)17(25)23(4)18(26)22(15)3/h5-8H,9H2,1-4H3,(H,19,24). The molecule has 0 atom stereocenters. The summed E-state index contributed by atoms with van der Waals surface area (Å²) in [6.07, 6.45) is 0. The minimum atomic E-state index is -0.483. The van der Waals surface area contributed by atoms with E-state index in [1.165, 1.54) is 11.6 Å². The van der Waals surface area contributed by atoms with Crippen molar-refractivity contribution in [3.05, 3.63) is 50.7 Å². The van der Waals surface area contributed by atoms with Crippen molar-refractivity contribution in [2.24, 2.45) is 14.1 Å². The molecule has 0 saturated heterocycles. The molecule has 1 aromatic carbocycles. The van der Waals surface area contributed by atoms with Crippen LogP contribution in [0.3, 0.4) is 0 Å². The zero-order valence-electron chi connectivity index (χ0n) is 15.4. The molecule has 140 valence electrons. The molecular formula is C18H19N5O3S. The van der Waals surface area contributed by atoms with E-state index in [0.29, 0.717) is 10.9 Å². The molecule has 27 heavy (non-hydrogen) atoms. The van der Waals surface area contributed by atoms with Gasteiger partial charge in [-0.15, -0.1) is 0 Å². The number of amides is 1. The number of rotatable bonds is 4. The summed E-state index contributed by atoms with van der Waals surface area (Å²) in [6, 6.07) is 7.63. The van der Waals surface area contributed by atoms with Crippen LogP contribution in [0.2, 0.25) is 0 Å². The summed E-state index contributed by atoms with van der Waals surface area (Å²) in [7, 11) is 4.51. The van der Waals surface area contributed by atoms with E-state index in [1.54, 1.807) is 14.1 Å². The molecule has 0 aliphatic heterocycles. The number of nitrogens with one attached hydrogen (secondary N) is 1. The van der Waals surface area contributed by atoms with E-state index < -0.39 is 11.2 Å². The highest BCUT2D eigenvalue weighted by Gasteiger charge is 2.18. The molecular weight excluding hydrogens is 366 g/mol. The summed E-state index contributed by atoms with van der Waals surface area (Å²) in [5.41, 5.74) is 1.10. The molecule has 3 aromatic rings. The monoisotopic (exact) mass is 385 g/mol. The number of nitrogens with zero attached hydrogens (tertiary/aromatic N) is 4. The summed E-state index contributed by atoms with van der Waals surface area (Å²) in [5, 5.41) is 3.14. The summed E-state index contributed by atoms with van der Waals surface area (Å²) >= 11 is 1.14. The maximum Gasteiger partial charge on any atom is 0.332 e. The number of carbonyl (C=O) groups excluding carboxylic acids is 1. The SMILES string of the molecule is CNC(=O)CSc1nc(-c2cccc(C)c2)nc2c1c(=O)n(C)c(=O)n2C. The van der Waals surface area contributed by atoms with Gasteiger partial charge in [0.15, 0.2) is 11.5 Å². The first-order chi connectivity index (χ1) is 12.8. The lowest BCUT2D eigenvalue weighted by Gasteiger charge is -2.12. The first-order valence-corrected chi connectivity index (χ1v) is 9.20. The number of fused-ring (bicyclic) bond motifs is 1. The van der Waals surface area contributed by atoms with Gasteiger partial charge in [0.25, 0.3) is 5.56 Å². The van der Waals surface area contributed by atoms with Gasteiger partial charge in [-0.2, -0.15) is 0 Å². The van der Waals surface area contributed by atoms with Crippen LogP contribution in [0.15, 0.2) is 38.9 Å². The largest absolute Gasteiger partial charge is 0.358 e. The van der Waals surface area contributed by atoms with Crippen molar-refractivity contribution in [2.45, 2.75) is 11.9 Å². The topological polar surface area (TPSA) is 98.9 Å². The van der Waals surface area contributed by atoms with E-state index in [1.807, 2.05) is 31.2 Å². The second-order valence-corrected chi connectivity index (χ2v) is 7.05. The number of benzene rings is 1. The average Bonchev–Trinajstić information content (AvgIpc) is 2.68. The Balaban J connectivity index is 2.33. The number of thioether (sulfide) groups is 1. The van der Waals surface area contributed by atoms with Gasteiger partial charge in [-0.05, 0) is 13.0 Å². The average molecular weight is 385 g/mol. The van der Waals surface area contributed by atoms with E-state index in [9.17, 15) is 14.4 Å². The molecule has 2 aromatic heterocycles. The van der Waals surface area contributed by atoms with Crippen molar-refractivity contribution in [1.29, 1.82) is 0 Å². The third-order valence-electron chi connectivity index (χ3n) is 4.16. The highest BCUT2D eigenvalue weighted by Crippen LogP contribution is 2.26. The fourth-order valence-electron chi connectivity index (χ4n) is 2.65. The smallest absolute Gasteiger partial charge is 0.332 e. The van der Waals surface area contributed by atoms with Gasteiger partial charge in [0.2, 0.25) is 5.91 Å². The first-order valence-electron chi connectivity index (χ1n) is 8.21. The number of hydrogen-bond donors (Lipinski definition) is 1. The molecule has 0 saturated carbocycles. The van der Waals surface area contributed by atoms with Crippen LogP contribution in [0.4, 0.5) is 0 Å². The minimum absolute atomic E-state index is 0.0991. The minimum Gasteiger partial charge on any atom is -0.358 e. The van der Waals surface area contributed by atoms with Crippen LogP contribution in [0.25, 0.3) is 22.4 Å². The van der Waals surface area contributed by atoms with Gasteiger partial charge in [-0.3, -0.25) is 18.7 Å². The quantitative estimate of drug-likeness (QED) is 0.528. The predicted molar refractivity (Wildman–Crippen MR) is 105 cm³/mol. The highest BCUT2D eigenvalue weighted by atomic mass is 32.2. The Bertz CT molecular complexity index is 1170. The predicted octanol–water partition coefficient (Wildman–Crippen LogP) is 0.841. The van der Waals surface area contributed by atoms with Crippen molar-refractivity contribution in [1.82, 2.24) is 24.4 Å². The molecule has 0 bridgehead atoms. The van der Waals surface area contributed by atoms with Crippen molar-refractivity contribution < 1.29 is 4.79 Å². The van der Waals surface area contributed by atoms with Crippen LogP contribution < -0.4 is 16.6 Å². The van der Waals surface area contributed by atoms with Gasteiger partial charge in [0.1, 0.15) is 10.4 Å². The van der Waals surface area contributed by atoms with Crippen LogP contribution in [0.5, 0.6) is 0 Å². The Morgan fingerprint density at radius 2 is 1.93 bits per heavy atom. The Hall–Kier alpha value is -2.94. The molecule has 1 N–H and O–H groups in total. The van der Waals surface area contributed by atoms with Crippen LogP contribution >= 0.6 is 11.8 Å². The van der Waals surface area contributed by atoms with Crippen LogP contribution in [0, 0.1) is 6.92 Å². The highest BCUT2D eigenvalue weighted by molar-refractivity contribution is 8.00. The molecule has 9 heteroatoms. The van der Waals surface area contributed by atoms with Gasteiger partial charge < -0.3 is 5.32 Å². The first kappa shape index (κ1) is 18.8. The lowest BCUT2D eigenvalue weighted by Crippen LogP contribution is -2.37. The van der Waals surface area contributed by atoms with Crippen molar-refractivity contribution in [3.63, 3.8) is 0 Å². The number of aromatic nitrogens is 4. The molecule has 0 aliphatic carbocycles. The molecule has 8 nitrogen and oxygen atoms in total. The zero-order chi connectivity index (χ0) is 19.7. The van der Waals surface area contributed by atoms with Crippen molar-refractivity contribution in [3.8, 4) is 11.4 Å². The Labute approximate surface area is 159 Å². The molecule has 0 spiro atoms. The van der Waals surface area contributed by atoms with Crippen molar-refractivity contribution in [2.75, 3.05) is 12.8 Å². The Morgan fingerprint density at radius 3 is 2.59 bits per heavy atom. The third-order valence-corrected chi connectivity index (χ3v) is 5.14. The van der Waals surface area contributed by atoms with Crippen LogP contribution in [-0.4, -0.2) is 37.8 Å². The maximum absolute atomic E-state index is 12.7. The van der Waals surface area contributed by atoms with Gasteiger partial charge in [0, 0.05) is 26.7 Å². The third kappa shape index (κ3) is 3.50. The molecule has 0 fully saturated rings. The Morgan fingerprint density at radius 1 is 1.19 bits per heavy atom. The number of hydrogen-bond acceptors (Lipinski definition) is 6. The maximum atomic E-state index is 12.7. The van der Waals surface area contributed by atoms with Gasteiger partial charge in [0.05, 0.1) is 5.75 Å². The van der Waals surface area contributed by atoms with E-state index in [-0.39, 0.29) is 22.7 Å². The lowest BCUT2D eigenvalue weighted by molar-refractivity contribution is -0.118. The van der Waals surface area contributed by atoms with E-state index in [0.717, 1.165) is 27.5 Å². The number of carbonyl (C=O) groups is 1. The molecule has 0 radical (unpaired) electrons. The van der Waals surface area contributed by atoms with E-state index >= 15 is 0 Å². The molecule has 1 amide bonds. The normalized spacial score (nSPS) is 11.0. The number of aryl methyl sites for hydroxylation is 2. The van der Waals surface area contributed by atoms with Gasteiger partial charge in [-0.25, -0.2) is 14.8 Å².